The third-order valence-electron chi connectivity index (χ3n) is 5.28. The number of carbonyl (C=O) groups excluding carboxylic acids is 2. The number of aromatic nitrogens is 1. The van der Waals surface area contributed by atoms with Gasteiger partial charge in [-0.2, -0.15) is 0 Å². The number of ketones is 1. The molecule has 2 aliphatic rings. The molecule has 1 N–H and O–H groups in total. The predicted molar refractivity (Wildman–Crippen MR) is 89.7 cm³/mol. The molecule has 0 unspecified atom stereocenters. The first-order chi connectivity index (χ1) is 12.4. The normalized spacial score (nSPS) is 26.1. The second kappa shape index (κ2) is 5.67. The van der Waals surface area contributed by atoms with E-state index in [1.165, 1.54) is 7.11 Å². The first-order valence-electron chi connectivity index (χ1n) is 8.55. The van der Waals surface area contributed by atoms with Crippen LogP contribution in [0.15, 0.2) is 22.7 Å². The molecular formula is C19H19NO6. The molecule has 0 aliphatic heterocycles. The minimum Gasteiger partial charge on any atom is -0.496 e. The van der Waals surface area contributed by atoms with Gasteiger partial charge in [0.15, 0.2) is 5.60 Å². The van der Waals surface area contributed by atoms with Crippen molar-refractivity contribution in [2.24, 2.45) is 11.8 Å². The molecule has 136 valence electrons. The Morgan fingerprint density at radius 2 is 2.23 bits per heavy atom. The monoisotopic (exact) mass is 357 g/mol. The SMILES string of the molecule is CCOC(=O)[C@@H]1[C@@H](C)Cc2onc3c2[C@@]1(O)C(=O)c1cccc(OC)c1-3. The van der Waals surface area contributed by atoms with Gasteiger partial charge < -0.3 is 19.1 Å². The summed E-state index contributed by atoms with van der Waals surface area (Å²) in [5, 5.41) is 15.7. The van der Waals surface area contributed by atoms with E-state index in [0.29, 0.717) is 29.2 Å². The van der Waals surface area contributed by atoms with Crippen LogP contribution < -0.4 is 4.74 Å². The fourth-order valence-electron chi connectivity index (χ4n) is 4.23. The lowest BCUT2D eigenvalue weighted by molar-refractivity contribution is -0.161. The molecule has 0 saturated carbocycles. The molecule has 2 aromatic rings. The first kappa shape index (κ1) is 16.8. The summed E-state index contributed by atoms with van der Waals surface area (Å²) < 4.78 is 16.0. The fraction of sp³-hybridized carbons (Fsp3) is 0.421. The van der Waals surface area contributed by atoms with Crippen LogP contribution in [0.5, 0.6) is 5.75 Å². The number of ether oxygens (including phenoxy) is 2. The Morgan fingerprint density at radius 1 is 1.46 bits per heavy atom. The molecule has 0 bridgehead atoms. The van der Waals surface area contributed by atoms with Gasteiger partial charge in [-0.3, -0.25) is 9.59 Å². The number of benzene rings is 1. The maximum atomic E-state index is 13.4. The average molecular weight is 357 g/mol. The highest BCUT2D eigenvalue weighted by Crippen LogP contribution is 2.54. The zero-order chi connectivity index (χ0) is 18.6. The summed E-state index contributed by atoms with van der Waals surface area (Å²) in [4.78, 5) is 26.0. The van der Waals surface area contributed by atoms with Gasteiger partial charge in [0.25, 0.3) is 0 Å². The van der Waals surface area contributed by atoms with E-state index in [0.717, 1.165) is 0 Å². The van der Waals surface area contributed by atoms with Gasteiger partial charge in [0.1, 0.15) is 23.1 Å². The van der Waals surface area contributed by atoms with Crippen LogP contribution in [-0.2, 0) is 21.6 Å². The van der Waals surface area contributed by atoms with Crippen LogP contribution in [0.25, 0.3) is 11.3 Å². The van der Waals surface area contributed by atoms with Crippen LogP contribution in [0, 0.1) is 11.8 Å². The van der Waals surface area contributed by atoms with Crippen molar-refractivity contribution >= 4 is 11.8 Å². The van der Waals surface area contributed by atoms with Crippen molar-refractivity contribution in [2.75, 3.05) is 13.7 Å². The third-order valence-corrected chi connectivity index (χ3v) is 5.28. The zero-order valence-corrected chi connectivity index (χ0v) is 14.7. The van der Waals surface area contributed by atoms with Crippen molar-refractivity contribution in [2.45, 2.75) is 25.9 Å². The van der Waals surface area contributed by atoms with E-state index in [9.17, 15) is 14.7 Å². The quantitative estimate of drug-likeness (QED) is 0.840. The topological polar surface area (TPSA) is 98.9 Å². The van der Waals surface area contributed by atoms with Crippen LogP contribution in [-0.4, -0.2) is 35.7 Å². The Kier molecular flexibility index (Phi) is 3.66. The molecule has 3 atom stereocenters. The minimum absolute atomic E-state index is 0.167. The molecule has 0 saturated heterocycles. The van der Waals surface area contributed by atoms with E-state index in [4.69, 9.17) is 14.0 Å². The van der Waals surface area contributed by atoms with Gasteiger partial charge in [-0.15, -0.1) is 0 Å². The minimum atomic E-state index is -2.06. The Morgan fingerprint density at radius 3 is 2.92 bits per heavy atom. The van der Waals surface area contributed by atoms with E-state index >= 15 is 0 Å². The second-order valence-electron chi connectivity index (χ2n) is 6.72. The Balaban J connectivity index is 2.01. The van der Waals surface area contributed by atoms with Gasteiger partial charge in [0, 0.05) is 12.0 Å². The molecule has 0 amide bonds. The van der Waals surface area contributed by atoms with Crippen molar-refractivity contribution in [3.8, 4) is 17.0 Å². The molecule has 1 heterocycles. The molecule has 1 aromatic heterocycles. The number of rotatable bonds is 3. The third kappa shape index (κ3) is 1.94. The van der Waals surface area contributed by atoms with E-state index in [-0.39, 0.29) is 23.7 Å². The highest BCUT2D eigenvalue weighted by Gasteiger charge is 2.61. The largest absolute Gasteiger partial charge is 0.496 e. The van der Waals surface area contributed by atoms with Crippen molar-refractivity contribution in [3.63, 3.8) is 0 Å². The number of Topliss-reactive ketones (excluding diaryl/α,β-unsaturated/α-hetero) is 1. The van der Waals surface area contributed by atoms with Crippen molar-refractivity contribution in [1.29, 1.82) is 0 Å². The number of aliphatic hydroxyl groups is 1. The average Bonchev–Trinajstić information content (AvgIpc) is 3.04. The van der Waals surface area contributed by atoms with E-state index in [2.05, 4.69) is 5.16 Å². The number of fused-ring (bicyclic) bond motifs is 2. The standard InChI is InChI=1S/C19H19NO6/c1-4-25-18(22)14-9(2)8-12-15-16(20-26-12)13-10(17(21)19(14,15)23)6-5-7-11(13)24-3/h5-7,9,14,23H,4,8H2,1-3H3/t9-,14-,19+/m0/s1. The van der Waals surface area contributed by atoms with Crippen LogP contribution >= 0.6 is 0 Å². The van der Waals surface area contributed by atoms with E-state index in [1.807, 2.05) is 0 Å². The summed E-state index contributed by atoms with van der Waals surface area (Å²) in [5.74, 6) is -1.66. The van der Waals surface area contributed by atoms with Crippen molar-refractivity contribution in [1.82, 2.24) is 5.16 Å². The highest BCUT2D eigenvalue weighted by atomic mass is 16.5. The molecule has 0 radical (unpaired) electrons. The Labute approximate surface area is 149 Å². The lowest BCUT2D eigenvalue weighted by Crippen LogP contribution is -2.54. The van der Waals surface area contributed by atoms with Gasteiger partial charge >= 0.3 is 5.97 Å². The number of carbonyl (C=O) groups is 2. The summed E-state index contributed by atoms with van der Waals surface area (Å²) in [6.07, 6.45) is 0.381. The second-order valence-corrected chi connectivity index (χ2v) is 6.72. The first-order valence-corrected chi connectivity index (χ1v) is 8.55. The lowest BCUT2D eigenvalue weighted by Gasteiger charge is -2.42. The number of nitrogens with zero attached hydrogens (tertiary/aromatic N) is 1. The van der Waals surface area contributed by atoms with Crippen LogP contribution in [0.2, 0.25) is 0 Å². The van der Waals surface area contributed by atoms with E-state index in [1.54, 1.807) is 32.0 Å². The fourth-order valence-corrected chi connectivity index (χ4v) is 4.23. The molecule has 4 rings (SSSR count). The summed E-state index contributed by atoms with van der Waals surface area (Å²) in [7, 11) is 1.50. The molecule has 26 heavy (non-hydrogen) atoms. The van der Waals surface area contributed by atoms with Crippen molar-refractivity contribution < 1.29 is 28.7 Å². The highest BCUT2D eigenvalue weighted by molar-refractivity contribution is 6.14. The number of methoxy groups -OCH3 is 1. The summed E-state index contributed by atoms with van der Waals surface area (Å²) in [6, 6.07) is 4.97. The van der Waals surface area contributed by atoms with Gasteiger partial charge in [0.2, 0.25) is 5.78 Å². The van der Waals surface area contributed by atoms with Crippen LogP contribution in [0.3, 0.4) is 0 Å². The predicted octanol–water partition coefficient (Wildman–Crippen LogP) is 2.11. The van der Waals surface area contributed by atoms with Crippen molar-refractivity contribution in [3.05, 3.63) is 35.1 Å². The molecular weight excluding hydrogens is 338 g/mol. The maximum Gasteiger partial charge on any atom is 0.313 e. The molecule has 7 heteroatoms. The Hall–Kier alpha value is -2.67. The lowest BCUT2D eigenvalue weighted by atomic mass is 9.62. The van der Waals surface area contributed by atoms with Crippen LogP contribution in [0.4, 0.5) is 0 Å². The Bertz CT molecular complexity index is 917. The number of hydrogen-bond donors (Lipinski definition) is 1. The smallest absolute Gasteiger partial charge is 0.313 e. The summed E-state index contributed by atoms with van der Waals surface area (Å²) in [6.45, 7) is 3.65. The van der Waals surface area contributed by atoms with Gasteiger partial charge in [0.05, 0.1) is 24.8 Å². The summed E-state index contributed by atoms with van der Waals surface area (Å²) >= 11 is 0. The molecule has 7 nitrogen and oxygen atoms in total. The van der Waals surface area contributed by atoms with Gasteiger partial charge in [-0.25, -0.2) is 0 Å². The maximum absolute atomic E-state index is 13.4. The molecule has 2 aliphatic carbocycles. The number of hydrogen-bond acceptors (Lipinski definition) is 7. The molecule has 0 fully saturated rings. The van der Waals surface area contributed by atoms with E-state index < -0.39 is 23.3 Å². The molecule has 0 spiro atoms. The number of esters is 1. The van der Waals surface area contributed by atoms with Crippen LogP contribution in [0.1, 0.15) is 35.5 Å². The molecule has 1 aromatic carbocycles. The van der Waals surface area contributed by atoms with Gasteiger partial charge in [-0.1, -0.05) is 24.2 Å². The zero-order valence-electron chi connectivity index (χ0n) is 14.7. The van der Waals surface area contributed by atoms with Gasteiger partial charge in [-0.05, 0) is 18.9 Å². The summed E-state index contributed by atoms with van der Waals surface area (Å²) in [5.41, 5.74) is -0.727.